The van der Waals surface area contributed by atoms with Crippen molar-refractivity contribution in [3.05, 3.63) is 17.8 Å². The number of carbonyl (C=O) groups excluding carboxylic acids is 2. The van der Waals surface area contributed by atoms with Gasteiger partial charge < -0.3 is 4.57 Å². The van der Waals surface area contributed by atoms with E-state index in [0.29, 0.717) is 24.5 Å². The average molecular weight is 232 g/mol. The maximum atomic E-state index is 11.5. The lowest BCUT2D eigenvalue weighted by molar-refractivity contribution is -0.104. The van der Waals surface area contributed by atoms with E-state index < -0.39 is 5.78 Å². The van der Waals surface area contributed by atoms with E-state index in [4.69, 9.17) is 0 Å². The molecule has 0 saturated heterocycles. The Morgan fingerprint density at radius 2 is 2.18 bits per heavy atom. The zero-order chi connectivity index (χ0) is 12.4. The largest absolute Gasteiger partial charge is 0.313 e. The van der Waals surface area contributed by atoms with Crippen molar-refractivity contribution in [1.29, 1.82) is 0 Å². The molecular weight excluding hydrogens is 220 g/mol. The van der Waals surface area contributed by atoms with Gasteiger partial charge in [0.25, 0.3) is 0 Å². The Morgan fingerprint density at radius 3 is 2.76 bits per heavy atom. The first-order chi connectivity index (χ1) is 8.22. The number of Topliss-reactive ketones (excluding diaryl/α,β-unsaturated/α-hetero) is 1. The van der Waals surface area contributed by atoms with E-state index in [2.05, 4.69) is 15.0 Å². The predicted molar refractivity (Wildman–Crippen MR) is 59.9 cm³/mol. The van der Waals surface area contributed by atoms with Crippen LogP contribution in [0.3, 0.4) is 0 Å². The third kappa shape index (κ3) is 1.71. The second-order valence-corrected chi connectivity index (χ2v) is 3.50. The minimum atomic E-state index is -0.659. The van der Waals surface area contributed by atoms with Gasteiger partial charge in [0.15, 0.2) is 12.1 Å². The number of fused-ring (bicyclic) bond motifs is 1. The highest BCUT2D eigenvalue weighted by molar-refractivity contribution is 6.33. The summed E-state index contributed by atoms with van der Waals surface area (Å²) < 4.78 is 1.89. The second kappa shape index (κ2) is 4.40. The molecule has 0 N–H and O–H groups in total. The molecule has 0 radical (unpaired) electrons. The number of aldehydes is 1. The molecule has 0 aromatic carbocycles. The van der Waals surface area contributed by atoms with Gasteiger partial charge in [-0.3, -0.25) is 9.59 Å². The zero-order valence-corrected chi connectivity index (χ0v) is 9.67. The molecular formula is C11H12N4O2. The Kier molecular flexibility index (Phi) is 2.95. The molecule has 0 aliphatic carbocycles. The van der Waals surface area contributed by atoms with E-state index in [-0.39, 0.29) is 12.0 Å². The summed E-state index contributed by atoms with van der Waals surface area (Å²) in [5.41, 5.74) is 0.482. The van der Waals surface area contributed by atoms with E-state index in [1.54, 1.807) is 0 Å². The molecule has 0 spiro atoms. The maximum Gasteiger partial charge on any atom is 0.246 e. The summed E-state index contributed by atoms with van der Waals surface area (Å²) >= 11 is 0. The van der Waals surface area contributed by atoms with Gasteiger partial charge in [0.1, 0.15) is 23.5 Å². The number of nitrogens with zero attached hydrogens (tertiary/aromatic N) is 4. The molecule has 0 unspecified atom stereocenters. The molecule has 88 valence electrons. The summed E-state index contributed by atoms with van der Waals surface area (Å²) in [6.07, 6.45) is 2.29. The number of aromatic nitrogens is 4. The van der Waals surface area contributed by atoms with Crippen LogP contribution in [0.15, 0.2) is 6.33 Å². The molecule has 0 fully saturated rings. The SMILES string of the molecule is CCc1nc(C(=O)C=O)c2ncnc-2n1CC. The smallest absolute Gasteiger partial charge is 0.246 e. The van der Waals surface area contributed by atoms with E-state index in [1.807, 2.05) is 18.4 Å². The van der Waals surface area contributed by atoms with Crippen molar-refractivity contribution in [2.24, 2.45) is 0 Å². The van der Waals surface area contributed by atoms with Crippen molar-refractivity contribution in [1.82, 2.24) is 19.5 Å². The summed E-state index contributed by atoms with van der Waals surface area (Å²) in [4.78, 5) is 34.4. The van der Waals surface area contributed by atoms with Crippen LogP contribution in [0.25, 0.3) is 11.5 Å². The normalized spacial score (nSPS) is 10.7. The van der Waals surface area contributed by atoms with Crippen molar-refractivity contribution in [3.8, 4) is 11.5 Å². The van der Waals surface area contributed by atoms with Crippen LogP contribution in [0, 0.1) is 0 Å². The van der Waals surface area contributed by atoms with Crippen molar-refractivity contribution in [2.75, 3.05) is 0 Å². The molecule has 2 heterocycles. The van der Waals surface area contributed by atoms with E-state index in [9.17, 15) is 9.59 Å². The third-order valence-corrected chi connectivity index (χ3v) is 2.58. The number of hydrogen-bond acceptors (Lipinski definition) is 5. The van der Waals surface area contributed by atoms with E-state index >= 15 is 0 Å². The molecule has 0 amide bonds. The quantitative estimate of drug-likeness (QED) is 0.441. The van der Waals surface area contributed by atoms with Crippen LogP contribution in [0.5, 0.6) is 0 Å². The van der Waals surface area contributed by atoms with Gasteiger partial charge in [-0.05, 0) is 6.92 Å². The monoisotopic (exact) mass is 232 g/mol. The first-order valence-electron chi connectivity index (χ1n) is 5.42. The summed E-state index contributed by atoms with van der Waals surface area (Å²) in [5, 5.41) is 0. The number of imidazole rings is 1. The van der Waals surface area contributed by atoms with Crippen LogP contribution in [0.4, 0.5) is 0 Å². The summed E-state index contributed by atoms with van der Waals surface area (Å²) in [6, 6.07) is 0. The summed E-state index contributed by atoms with van der Waals surface area (Å²) in [5.74, 6) is 0.670. The maximum absolute atomic E-state index is 11.5. The van der Waals surface area contributed by atoms with Gasteiger partial charge in [0, 0.05) is 13.0 Å². The highest BCUT2D eigenvalue weighted by atomic mass is 16.2. The zero-order valence-electron chi connectivity index (χ0n) is 9.67. The first-order valence-corrected chi connectivity index (χ1v) is 5.42. The number of ketones is 1. The lowest BCUT2D eigenvalue weighted by Gasteiger charge is -2.14. The second-order valence-electron chi connectivity index (χ2n) is 3.50. The van der Waals surface area contributed by atoms with Gasteiger partial charge in [0.2, 0.25) is 5.78 Å². The van der Waals surface area contributed by atoms with Crippen molar-refractivity contribution in [2.45, 2.75) is 26.8 Å². The minimum absolute atomic E-state index is 0.0917. The molecule has 17 heavy (non-hydrogen) atoms. The molecule has 2 rings (SSSR count). The Morgan fingerprint density at radius 1 is 1.41 bits per heavy atom. The van der Waals surface area contributed by atoms with Gasteiger partial charge in [0.05, 0.1) is 0 Å². The molecule has 0 aromatic rings. The number of carbonyl (C=O) groups is 2. The number of aryl methyl sites for hydroxylation is 1. The molecule has 6 heteroatoms. The van der Waals surface area contributed by atoms with Crippen molar-refractivity contribution < 1.29 is 9.59 Å². The standard InChI is InChI=1S/C11H12N4O2/c1-3-8-14-9(7(17)5-16)10-11(13-6-12-10)15(8)4-2/h5-6H,3-4H2,1-2H3. The predicted octanol–water partition coefficient (Wildman–Crippen LogP) is 0.742. The molecule has 0 atom stereocenters. The number of hydrogen-bond donors (Lipinski definition) is 0. The topological polar surface area (TPSA) is 77.7 Å². The first kappa shape index (κ1) is 11.4. The molecule has 0 aromatic heterocycles. The van der Waals surface area contributed by atoms with Crippen LogP contribution in [0.1, 0.15) is 30.2 Å². The van der Waals surface area contributed by atoms with E-state index in [0.717, 1.165) is 5.82 Å². The van der Waals surface area contributed by atoms with Crippen LogP contribution in [0.2, 0.25) is 0 Å². The molecule has 2 aliphatic heterocycles. The fourth-order valence-corrected chi connectivity index (χ4v) is 1.82. The highest BCUT2D eigenvalue weighted by Crippen LogP contribution is 2.22. The minimum Gasteiger partial charge on any atom is -0.313 e. The van der Waals surface area contributed by atoms with Gasteiger partial charge in [-0.15, -0.1) is 0 Å². The molecule has 0 saturated carbocycles. The average Bonchev–Trinajstić information content (AvgIpc) is 2.84. The summed E-state index contributed by atoms with van der Waals surface area (Å²) in [6.45, 7) is 4.60. The van der Waals surface area contributed by atoms with Gasteiger partial charge in [-0.1, -0.05) is 6.92 Å². The Balaban J connectivity index is 2.75. The fourth-order valence-electron chi connectivity index (χ4n) is 1.82. The van der Waals surface area contributed by atoms with Crippen molar-refractivity contribution >= 4 is 12.1 Å². The van der Waals surface area contributed by atoms with Gasteiger partial charge >= 0.3 is 0 Å². The van der Waals surface area contributed by atoms with E-state index in [1.165, 1.54) is 6.33 Å². The van der Waals surface area contributed by atoms with Crippen LogP contribution in [-0.4, -0.2) is 31.6 Å². The van der Waals surface area contributed by atoms with Crippen LogP contribution in [-0.2, 0) is 17.8 Å². The van der Waals surface area contributed by atoms with Crippen LogP contribution >= 0.6 is 0 Å². The lowest BCUT2D eigenvalue weighted by atomic mass is 10.2. The van der Waals surface area contributed by atoms with Crippen molar-refractivity contribution in [3.63, 3.8) is 0 Å². The molecule has 6 nitrogen and oxygen atoms in total. The van der Waals surface area contributed by atoms with Gasteiger partial charge in [-0.25, -0.2) is 15.0 Å². The molecule has 2 aliphatic rings. The molecule has 0 bridgehead atoms. The van der Waals surface area contributed by atoms with Gasteiger partial charge in [-0.2, -0.15) is 0 Å². The number of rotatable bonds is 4. The fraction of sp³-hybridized carbons (Fsp3) is 0.364. The summed E-state index contributed by atoms with van der Waals surface area (Å²) in [7, 11) is 0. The lowest BCUT2D eigenvalue weighted by Crippen LogP contribution is -2.17. The van der Waals surface area contributed by atoms with Crippen LogP contribution < -0.4 is 0 Å². The Hall–Kier alpha value is -2.11. The third-order valence-electron chi connectivity index (χ3n) is 2.58. The Labute approximate surface area is 98.1 Å². The Bertz CT molecular complexity index is 547. The highest BCUT2D eigenvalue weighted by Gasteiger charge is 2.23.